The molecule has 82 valence electrons. The van der Waals surface area contributed by atoms with Crippen LogP contribution in [0.1, 0.15) is 20.8 Å². The van der Waals surface area contributed by atoms with Crippen LogP contribution >= 0.6 is 0 Å². The quantitative estimate of drug-likeness (QED) is 0.670. The molecule has 0 unspecified atom stereocenters. The fourth-order valence-electron chi connectivity index (χ4n) is 0.965. The Morgan fingerprint density at radius 3 is 2.21 bits per heavy atom. The molecule has 0 rings (SSSR count). The predicted molar refractivity (Wildman–Crippen MR) is 56.0 cm³/mol. The number of carbonyl (C=O) groups is 2. The lowest BCUT2D eigenvalue weighted by atomic mass is 10.1. The van der Waals surface area contributed by atoms with Gasteiger partial charge in [-0.2, -0.15) is 0 Å². The highest BCUT2D eigenvalue weighted by molar-refractivity contribution is 5.83. The molecule has 4 heteroatoms. The Bertz CT molecular complexity index is 202. The summed E-state index contributed by atoms with van der Waals surface area (Å²) in [7, 11) is 1.60. The summed E-state index contributed by atoms with van der Waals surface area (Å²) in [6.07, 6.45) is 0. The Morgan fingerprint density at radius 2 is 1.86 bits per heavy atom. The molecule has 0 radical (unpaired) electrons. The van der Waals surface area contributed by atoms with Gasteiger partial charge in [0.2, 0.25) is 5.91 Å². The van der Waals surface area contributed by atoms with Gasteiger partial charge in [0.25, 0.3) is 0 Å². The Morgan fingerprint density at radius 1 is 1.29 bits per heavy atom. The predicted octanol–water partition coefficient (Wildman–Crippen LogP) is 0.279. The summed E-state index contributed by atoms with van der Waals surface area (Å²) in [5, 5.41) is 2.54. The third-order valence-electron chi connectivity index (χ3n) is 2.12. The van der Waals surface area contributed by atoms with E-state index in [1.165, 1.54) is 0 Å². The van der Waals surface area contributed by atoms with E-state index in [9.17, 15) is 9.59 Å². The van der Waals surface area contributed by atoms with E-state index < -0.39 is 0 Å². The molecule has 0 aliphatic rings. The highest BCUT2D eigenvalue weighted by Gasteiger charge is 2.14. The lowest BCUT2D eigenvalue weighted by molar-refractivity contribution is -0.125. The first kappa shape index (κ1) is 13.1. The standard InChI is InChI=1S/C10H20N2O2/c1-5-12(7-10(14)11-4)6-9(13)8(2)3/h8H,5-7H2,1-4H3,(H,11,14). The highest BCUT2D eigenvalue weighted by atomic mass is 16.2. The molecule has 0 aromatic heterocycles. The van der Waals surface area contributed by atoms with Crippen LogP contribution in [0.15, 0.2) is 0 Å². The van der Waals surface area contributed by atoms with Crippen LogP contribution in [0.25, 0.3) is 0 Å². The molecule has 14 heavy (non-hydrogen) atoms. The van der Waals surface area contributed by atoms with Crippen LogP contribution in [0.4, 0.5) is 0 Å². The zero-order valence-corrected chi connectivity index (χ0v) is 9.46. The van der Waals surface area contributed by atoms with Crippen molar-refractivity contribution >= 4 is 11.7 Å². The van der Waals surface area contributed by atoms with E-state index in [0.717, 1.165) is 0 Å². The molecule has 0 aromatic rings. The topological polar surface area (TPSA) is 49.4 Å². The molecular weight excluding hydrogens is 180 g/mol. The van der Waals surface area contributed by atoms with E-state index in [-0.39, 0.29) is 17.6 Å². The third kappa shape index (κ3) is 4.97. The SMILES string of the molecule is CCN(CC(=O)NC)CC(=O)C(C)C. The number of ketones is 1. The third-order valence-corrected chi connectivity index (χ3v) is 2.12. The zero-order chi connectivity index (χ0) is 11.1. The molecule has 4 nitrogen and oxygen atoms in total. The van der Waals surface area contributed by atoms with Gasteiger partial charge in [0, 0.05) is 13.0 Å². The molecule has 0 aromatic carbocycles. The van der Waals surface area contributed by atoms with Gasteiger partial charge < -0.3 is 5.32 Å². The molecule has 1 amide bonds. The van der Waals surface area contributed by atoms with Crippen LogP contribution in [0, 0.1) is 5.92 Å². The average molecular weight is 200 g/mol. The number of Topliss-reactive ketones (excluding diaryl/α,β-unsaturated/α-hetero) is 1. The summed E-state index contributed by atoms with van der Waals surface area (Å²) < 4.78 is 0. The van der Waals surface area contributed by atoms with Crippen molar-refractivity contribution in [3.8, 4) is 0 Å². The fourth-order valence-corrected chi connectivity index (χ4v) is 0.965. The smallest absolute Gasteiger partial charge is 0.233 e. The number of hydrogen-bond acceptors (Lipinski definition) is 3. The van der Waals surface area contributed by atoms with Crippen LogP contribution in [0.5, 0.6) is 0 Å². The Balaban J connectivity index is 4.03. The van der Waals surface area contributed by atoms with Gasteiger partial charge in [-0.15, -0.1) is 0 Å². The Labute approximate surface area is 85.7 Å². The maximum atomic E-state index is 11.4. The van der Waals surface area contributed by atoms with Gasteiger partial charge in [-0.3, -0.25) is 14.5 Å². The van der Waals surface area contributed by atoms with Gasteiger partial charge in [-0.1, -0.05) is 20.8 Å². The summed E-state index contributed by atoms with van der Waals surface area (Å²) in [6.45, 7) is 7.06. The molecule has 0 aliphatic heterocycles. The highest BCUT2D eigenvalue weighted by Crippen LogP contribution is 1.97. The van der Waals surface area contributed by atoms with E-state index in [0.29, 0.717) is 19.6 Å². The van der Waals surface area contributed by atoms with Crippen LogP contribution in [0.3, 0.4) is 0 Å². The summed E-state index contributed by atoms with van der Waals surface area (Å²) in [5.74, 6) is 0.160. The zero-order valence-electron chi connectivity index (χ0n) is 9.46. The van der Waals surface area contributed by atoms with Crippen molar-refractivity contribution in [3.05, 3.63) is 0 Å². The monoisotopic (exact) mass is 200 g/mol. The number of rotatable bonds is 6. The van der Waals surface area contributed by atoms with Crippen LogP contribution in [0.2, 0.25) is 0 Å². The van der Waals surface area contributed by atoms with E-state index in [2.05, 4.69) is 5.32 Å². The molecular formula is C10H20N2O2. The van der Waals surface area contributed by atoms with Crippen molar-refractivity contribution in [1.29, 1.82) is 0 Å². The van der Waals surface area contributed by atoms with E-state index in [1.54, 1.807) is 7.05 Å². The largest absolute Gasteiger partial charge is 0.358 e. The van der Waals surface area contributed by atoms with Gasteiger partial charge in [0.05, 0.1) is 13.1 Å². The van der Waals surface area contributed by atoms with Crippen molar-refractivity contribution in [2.75, 3.05) is 26.7 Å². The normalized spacial score (nSPS) is 10.7. The number of carbonyl (C=O) groups excluding carboxylic acids is 2. The lowest BCUT2D eigenvalue weighted by Gasteiger charge is -2.19. The Hall–Kier alpha value is -0.900. The number of likely N-dealkylation sites (N-methyl/N-ethyl adjacent to an activating group) is 2. The van der Waals surface area contributed by atoms with Crippen molar-refractivity contribution in [3.63, 3.8) is 0 Å². The van der Waals surface area contributed by atoms with Crippen LogP contribution < -0.4 is 5.32 Å². The minimum Gasteiger partial charge on any atom is -0.358 e. The maximum absolute atomic E-state index is 11.4. The maximum Gasteiger partial charge on any atom is 0.233 e. The van der Waals surface area contributed by atoms with E-state index in [4.69, 9.17) is 0 Å². The number of nitrogens with one attached hydrogen (secondary N) is 1. The average Bonchev–Trinajstić information content (AvgIpc) is 2.16. The van der Waals surface area contributed by atoms with Gasteiger partial charge >= 0.3 is 0 Å². The molecule has 0 aliphatic carbocycles. The second-order valence-electron chi connectivity index (χ2n) is 3.60. The van der Waals surface area contributed by atoms with Gasteiger partial charge in [-0.25, -0.2) is 0 Å². The molecule has 0 spiro atoms. The summed E-state index contributed by atoms with van der Waals surface area (Å²) in [5.41, 5.74) is 0. The minimum atomic E-state index is -0.0524. The van der Waals surface area contributed by atoms with Crippen molar-refractivity contribution in [2.24, 2.45) is 5.92 Å². The number of amides is 1. The van der Waals surface area contributed by atoms with Gasteiger partial charge in [0.1, 0.15) is 5.78 Å². The van der Waals surface area contributed by atoms with Crippen molar-refractivity contribution in [1.82, 2.24) is 10.2 Å². The van der Waals surface area contributed by atoms with Gasteiger partial charge in [0.15, 0.2) is 0 Å². The second-order valence-corrected chi connectivity index (χ2v) is 3.60. The molecule has 0 bridgehead atoms. The van der Waals surface area contributed by atoms with E-state index in [1.807, 2.05) is 25.7 Å². The fraction of sp³-hybridized carbons (Fsp3) is 0.800. The van der Waals surface area contributed by atoms with Crippen LogP contribution in [-0.2, 0) is 9.59 Å². The summed E-state index contributed by atoms with van der Waals surface area (Å²) in [6, 6.07) is 0. The number of nitrogens with zero attached hydrogens (tertiary/aromatic N) is 1. The molecule has 0 atom stereocenters. The molecule has 0 saturated heterocycles. The van der Waals surface area contributed by atoms with Crippen molar-refractivity contribution in [2.45, 2.75) is 20.8 Å². The minimum absolute atomic E-state index is 0.0359. The first-order valence-electron chi connectivity index (χ1n) is 4.96. The molecule has 0 saturated carbocycles. The molecule has 0 fully saturated rings. The van der Waals surface area contributed by atoms with Crippen molar-refractivity contribution < 1.29 is 9.59 Å². The lowest BCUT2D eigenvalue weighted by Crippen LogP contribution is -2.39. The molecule has 0 heterocycles. The molecule has 1 N–H and O–H groups in total. The number of hydrogen-bond donors (Lipinski definition) is 1. The summed E-state index contributed by atoms with van der Waals surface area (Å²) in [4.78, 5) is 24.3. The second kappa shape index (κ2) is 6.54. The van der Waals surface area contributed by atoms with E-state index >= 15 is 0 Å². The first-order chi connectivity index (χ1) is 6.51. The van der Waals surface area contributed by atoms with Gasteiger partial charge in [-0.05, 0) is 6.54 Å². The van der Waals surface area contributed by atoms with Crippen LogP contribution in [-0.4, -0.2) is 43.3 Å². The Kier molecular flexibility index (Phi) is 6.12. The first-order valence-corrected chi connectivity index (χ1v) is 4.96. The summed E-state index contributed by atoms with van der Waals surface area (Å²) >= 11 is 0.